The molecule has 5 rings (SSSR count). The van der Waals surface area contributed by atoms with Gasteiger partial charge in [0.1, 0.15) is 12.7 Å². The van der Waals surface area contributed by atoms with Crippen molar-refractivity contribution in [2.45, 2.75) is 31.1 Å². The third-order valence-electron chi connectivity index (χ3n) is 6.17. The van der Waals surface area contributed by atoms with Crippen molar-refractivity contribution in [3.8, 4) is 11.1 Å². The molecule has 5 heteroatoms. The van der Waals surface area contributed by atoms with Crippen LogP contribution in [0.3, 0.4) is 0 Å². The number of amides is 1. The molecule has 0 bridgehead atoms. The number of carbonyl (C=O) groups is 1. The van der Waals surface area contributed by atoms with Crippen molar-refractivity contribution in [3.05, 3.63) is 59.7 Å². The van der Waals surface area contributed by atoms with Gasteiger partial charge in [-0.1, -0.05) is 55.5 Å². The smallest absolute Gasteiger partial charge is 0.410 e. The van der Waals surface area contributed by atoms with E-state index in [4.69, 9.17) is 9.47 Å². The van der Waals surface area contributed by atoms with Crippen molar-refractivity contribution in [2.75, 3.05) is 19.8 Å². The topological polar surface area (TPSA) is 59.0 Å². The summed E-state index contributed by atoms with van der Waals surface area (Å²) in [5.41, 5.74) is 4.82. The second-order valence-corrected chi connectivity index (χ2v) is 7.79. The van der Waals surface area contributed by atoms with Gasteiger partial charge >= 0.3 is 6.09 Å². The Morgan fingerprint density at radius 3 is 2.44 bits per heavy atom. The highest BCUT2D eigenvalue weighted by atomic mass is 16.6. The molecule has 2 aliphatic heterocycles. The number of aliphatic hydroxyl groups is 1. The van der Waals surface area contributed by atoms with Gasteiger partial charge in [0.15, 0.2) is 0 Å². The lowest BCUT2D eigenvalue weighted by molar-refractivity contribution is 0.0581. The van der Waals surface area contributed by atoms with E-state index in [-0.39, 0.29) is 36.7 Å². The van der Waals surface area contributed by atoms with Crippen molar-refractivity contribution in [1.29, 1.82) is 0 Å². The van der Waals surface area contributed by atoms with Crippen LogP contribution in [0.15, 0.2) is 48.5 Å². The average molecular weight is 365 g/mol. The molecule has 1 amide bonds. The molecular formula is C22H23NO4. The first-order chi connectivity index (χ1) is 13.1. The molecule has 2 saturated heterocycles. The molecule has 27 heavy (non-hydrogen) atoms. The second kappa shape index (κ2) is 6.36. The van der Waals surface area contributed by atoms with Crippen LogP contribution in [0.4, 0.5) is 4.79 Å². The van der Waals surface area contributed by atoms with E-state index in [2.05, 4.69) is 24.3 Å². The van der Waals surface area contributed by atoms with E-state index in [0.717, 1.165) is 0 Å². The molecule has 2 aromatic rings. The maximum atomic E-state index is 12.8. The first-order valence-corrected chi connectivity index (χ1v) is 9.56. The van der Waals surface area contributed by atoms with Crippen molar-refractivity contribution in [3.63, 3.8) is 0 Å². The van der Waals surface area contributed by atoms with Gasteiger partial charge in [-0.05, 0) is 22.3 Å². The number of ether oxygens (including phenoxy) is 2. The molecule has 5 nitrogen and oxygen atoms in total. The van der Waals surface area contributed by atoms with Crippen LogP contribution in [-0.2, 0) is 9.47 Å². The third kappa shape index (κ3) is 2.57. The van der Waals surface area contributed by atoms with Crippen LogP contribution in [0.5, 0.6) is 0 Å². The van der Waals surface area contributed by atoms with E-state index >= 15 is 0 Å². The normalized spacial score (nSPS) is 28.7. The number of nitrogens with zero attached hydrogens (tertiary/aromatic N) is 1. The van der Waals surface area contributed by atoms with Crippen molar-refractivity contribution < 1.29 is 19.4 Å². The Morgan fingerprint density at radius 2 is 1.78 bits per heavy atom. The minimum Gasteiger partial charge on any atom is -0.448 e. The summed E-state index contributed by atoms with van der Waals surface area (Å²) < 4.78 is 11.4. The molecule has 0 spiro atoms. The Labute approximate surface area is 158 Å². The molecular weight excluding hydrogens is 342 g/mol. The number of aliphatic hydroxyl groups excluding tert-OH is 1. The highest BCUT2D eigenvalue weighted by molar-refractivity contribution is 5.79. The molecule has 0 radical (unpaired) electrons. The summed E-state index contributed by atoms with van der Waals surface area (Å²) in [4.78, 5) is 14.4. The van der Waals surface area contributed by atoms with E-state index < -0.39 is 6.10 Å². The fourth-order valence-electron chi connectivity index (χ4n) is 4.92. The lowest BCUT2D eigenvalue weighted by Gasteiger charge is -2.25. The molecule has 3 aliphatic rings. The zero-order valence-corrected chi connectivity index (χ0v) is 15.2. The van der Waals surface area contributed by atoms with Gasteiger partial charge in [-0.25, -0.2) is 4.79 Å². The predicted molar refractivity (Wildman–Crippen MR) is 100 cm³/mol. The largest absolute Gasteiger partial charge is 0.448 e. The van der Waals surface area contributed by atoms with Gasteiger partial charge in [0.25, 0.3) is 0 Å². The van der Waals surface area contributed by atoms with Crippen LogP contribution < -0.4 is 0 Å². The summed E-state index contributed by atoms with van der Waals surface area (Å²) in [6.45, 7) is 3.19. The minimum atomic E-state index is -0.638. The molecule has 4 atom stereocenters. The fourth-order valence-corrected chi connectivity index (χ4v) is 4.92. The second-order valence-electron chi connectivity index (χ2n) is 7.79. The number of hydrogen-bond acceptors (Lipinski definition) is 4. The van der Waals surface area contributed by atoms with Gasteiger partial charge in [-0.15, -0.1) is 0 Å². The number of likely N-dealkylation sites (tertiary alicyclic amines) is 1. The zero-order valence-electron chi connectivity index (χ0n) is 15.2. The summed E-state index contributed by atoms with van der Waals surface area (Å²) in [5, 5.41) is 10.2. The summed E-state index contributed by atoms with van der Waals surface area (Å²) in [5.74, 6) is 0.245. The summed E-state index contributed by atoms with van der Waals surface area (Å²) in [6, 6.07) is 16.3. The van der Waals surface area contributed by atoms with Crippen LogP contribution in [0, 0.1) is 5.92 Å². The first-order valence-electron chi connectivity index (χ1n) is 9.56. The maximum Gasteiger partial charge on any atom is 0.410 e. The standard InChI is InChI=1S/C22H23NO4/c1-13-10-23(20-19(24)12-26-21(13)20)22(25)27-11-18-16-8-4-2-6-14(16)15-7-3-5-9-17(15)18/h2-9,13,18-21,24H,10-12H2,1H3/t13-,19-,20+,21+/m0/s1. The Morgan fingerprint density at radius 1 is 1.15 bits per heavy atom. The van der Waals surface area contributed by atoms with E-state index in [9.17, 15) is 9.90 Å². The summed E-state index contributed by atoms with van der Waals surface area (Å²) in [6.07, 6.45) is -1.10. The lowest BCUT2D eigenvalue weighted by Crippen LogP contribution is -2.44. The molecule has 140 valence electrons. The van der Waals surface area contributed by atoms with Gasteiger partial charge in [0, 0.05) is 18.4 Å². The Bertz CT molecular complexity index is 837. The van der Waals surface area contributed by atoms with Gasteiger partial charge in [0.2, 0.25) is 0 Å². The van der Waals surface area contributed by atoms with Crippen molar-refractivity contribution >= 4 is 6.09 Å². The minimum absolute atomic E-state index is 0.0434. The van der Waals surface area contributed by atoms with Crippen LogP contribution in [0.1, 0.15) is 24.0 Å². The van der Waals surface area contributed by atoms with E-state index in [0.29, 0.717) is 13.2 Å². The van der Waals surface area contributed by atoms with Gasteiger partial charge in [0.05, 0.1) is 18.8 Å². The molecule has 1 aliphatic carbocycles. The highest BCUT2D eigenvalue weighted by Crippen LogP contribution is 2.44. The molecule has 0 aromatic heterocycles. The lowest BCUT2D eigenvalue weighted by atomic mass is 9.98. The van der Waals surface area contributed by atoms with E-state index in [1.165, 1.54) is 22.3 Å². The van der Waals surface area contributed by atoms with Crippen LogP contribution in [-0.4, -0.2) is 54.1 Å². The summed E-state index contributed by atoms with van der Waals surface area (Å²) in [7, 11) is 0. The highest BCUT2D eigenvalue weighted by Gasteiger charge is 2.51. The molecule has 0 unspecified atom stereocenters. The molecule has 1 N–H and O–H groups in total. The molecule has 2 heterocycles. The Hall–Kier alpha value is -2.37. The number of carbonyl (C=O) groups excluding carboxylic acids is 1. The van der Waals surface area contributed by atoms with E-state index in [1.54, 1.807) is 4.90 Å². The summed E-state index contributed by atoms with van der Waals surface area (Å²) >= 11 is 0. The number of benzene rings is 2. The van der Waals surface area contributed by atoms with Crippen LogP contribution >= 0.6 is 0 Å². The van der Waals surface area contributed by atoms with Crippen molar-refractivity contribution in [1.82, 2.24) is 4.90 Å². The van der Waals surface area contributed by atoms with E-state index in [1.807, 2.05) is 31.2 Å². The number of fused-ring (bicyclic) bond motifs is 4. The Kier molecular flexibility index (Phi) is 3.95. The monoisotopic (exact) mass is 365 g/mol. The number of hydrogen-bond donors (Lipinski definition) is 1. The van der Waals surface area contributed by atoms with Gasteiger partial charge in [-0.2, -0.15) is 0 Å². The Balaban J connectivity index is 1.35. The van der Waals surface area contributed by atoms with Crippen LogP contribution in [0.2, 0.25) is 0 Å². The first kappa shape index (κ1) is 16.8. The van der Waals surface area contributed by atoms with Crippen molar-refractivity contribution in [2.24, 2.45) is 5.92 Å². The quantitative estimate of drug-likeness (QED) is 0.889. The molecule has 0 saturated carbocycles. The van der Waals surface area contributed by atoms with Gasteiger partial charge < -0.3 is 14.6 Å². The maximum absolute atomic E-state index is 12.8. The number of rotatable bonds is 2. The third-order valence-corrected chi connectivity index (χ3v) is 6.17. The fraction of sp³-hybridized carbons (Fsp3) is 0.409. The molecule has 2 aromatic carbocycles. The van der Waals surface area contributed by atoms with Gasteiger partial charge in [-0.3, -0.25) is 4.90 Å². The zero-order chi connectivity index (χ0) is 18.5. The van der Waals surface area contributed by atoms with Crippen LogP contribution in [0.25, 0.3) is 11.1 Å². The average Bonchev–Trinajstić information content (AvgIpc) is 3.33. The SMILES string of the molecule is C[C@H]1CN(C(=O)OCC2c3ccccc3-c3ccccc32)[C@H]2[C@@H]1OC[C@@H]2O. The predicted octanol–water partition coefficient (Wildman–Crippen LogP) is 3.02. The molecule has 2 fully saturated rings.